The van der Waals surface area contributed by atoms with Crippen molar-refractivity contribution < 1.29 is 9.59 Å². The van der Waals surface area contributed by atoms with Crippen LogP contribution in [0, 0.1) is 18.8 Å². The van der Waals surface area contributed by atoms with Crippen LogP contribution < -0.4 is 5.32 Å². The minimum atomic E-state index is -0.00139. The van der Waals surface area contributed by atoms with Crippen molar-refractivity contribution >= 4 is 34.2 Å². The Bertz CT molecular complexity index is 1140. The summed E-state index contributed by atoms with van der Waals surface area (Å²) in [4.78, 5) is 37.1. The molecule has 31 heavy (non-hydrogen) atoms. The minimum Gasteiger partial charge on any atom is -0.351 e. The molecular weight excluding hydrogens is 410 g/mol. The highest BCUT2D eigenvalue weighted by Crippen LogP contribution is 2.36. The van der Waals surface area contributed by atoms with E-state index in [1.165, 1.54) is 0 Å². The number of likely N-dealkylation sites (tertiary alicyclic amines) is 1. The molecular formula is C23H27N5O2S. The van der Waals surface area contributed by atoms with Crippen LogP contribution in [0.4, 0.5) is 0 Å². The quantitative estimate of drug-likeness (QED) is 0.680. The number of aromatic nitrogens is 3. The summed E-state index contributed by atoms with van der Waals surface area (Å²) >= 11 is 1.55. The molecule has 1 aromatic carbocycles. The topological polar surface area (TPSA) is 80.1 Å². The number of benzene rings is 1. The van der Waals surface area contributed by atoms with Crippen LogP contribution in [0.2, 0.25) is 0 Å². The second-order valence-electron chi connectivity index (χ2n) is 8.73. The molecule has 2 fully saturated rings. The Labute approximate surface area is 185 Å². The van der Waals surface area contributed by atoms with Crippen LogP contribution in [0.5, 0.6) is 0 Å². The van der Waals surface area contributed by atoms with E-state index in [0.717, 1.165) is 59.8 Å². The molecule has 3 heterocycles. The molecule has 8 heteroatoms. The standard InChI is InChI=1S/C23H27N5O2S/c1-14-22(31-13-24-14)23-26-19-7-3-4-9-20(19)28(23)12-21(30)25-18-8-5-6-16-10-27(15(2)29)11-17(16)18/h3-4,7,9,13,16-18H,5-6,8,10-12H2,1-2H3,(H,25,30). The van der Waals surface area contributed by atoms with Gasteiger partial charge in [0, 0.05) is 32.0 Å². The lowest BCUT2D eigenvalue weighted by Gasteiger charge is -2.33. The SMILES string of the molecule is CC(=O)N1CC2CCCC(NC(=O)Cn3c(-c4scnc4C)nc4ccccc43)C2C1. The number of nitrogens with one attached hydrogen (secondary N) is 1. The van der Waals surface area contributed by atoms with Crippen LogP contribution in [0.3, 0.4) is 0 Å². The summed E-state index contributed by atoms with van der Waals surface area (Å²) in [6, 6.07) is 8.05. The molecule has 0 bridgehead atoms. The number of aryl methyl sites for hydroxylation is 1. The molecule has 1 saturated carbocycles. The summed E-state index contributed by atoms with van der Waals surface area (Å²) in [5.74, 6) is 1.77. The molecule has 1 saturated heterocycles. The Morgan fingerprint density at radius 1 is 1.23 bits per heavy atom. The number of carbonyl (C=O) groups excluding carboxylic acids is 2. The lowest BCUT2D eigenvalue weighted by molar-refractivity contribution is -0.128. The third kappa shape index (κ3) is 3.73. The van der Waals surface area contributed by atoms with E-state index in [-0.39, 0.29) is 24.4 Å². The van der Waals surface area contributed by atoms with E-state index < -0.39 is 0 Å². The van der Waals surface area contributed by atoms with Crippen molar-refractivity contribution in [3.05, 3.63) is 35.5 Å². The van der Waals surface area contributed by atoms with Gasteiger partial charge in [0.25, 0.3) is 0 Å². The molecule has 0 radical (unpaired) electrons. The van der Waals surface area contributed by atoms with Crippen LogP contribution in [0.25, 0.3) is 21.7 Å². The fraction of sp³-hybridized carbons (Fsp3) is 0.478. The Morgan fingerprint density at radius 2 is 2.06 bits per heavy atom. The molecule has 5 rings (SSSR count). The minimum absolute atomic E-state index is 0.00139. The van der Waals surface area contributed by atoms with E-state index in [4.69, 9.17) is 4.98 Å². The van der Waals surface area contributed by atoms with Crippen molar-refractivity contribution in [1.29, 1.82) is 0 Å². The second kappa shape index (κ2) is 8.07. The van der Waals surface area contributed by atoms with Crippen LogP contribution in [-0.2, 0) is 16.1 Å². The monoisotopic (exact) mass is 437 g/mol. The molecule has 3 aromatic rings. The fourth-order valence-electron chi connectivity index (χ4n) is 5.23. The highest BCUT2D eigenvalue weighted by molar-refractivity contribution is 7.13. The Kier molecular flexibility index (Phi) is 5.25. The molecule has 1 aliphatic heterocycles. The first-order valence-electron chi connectivity index (χ1n) is 10.9. The number of hydrogen-bond donors (Lipinski definition) is 1. The lowest BCUT2D eigenvalue weighted by atomic mass is 9.78. The second-order valence-corrected chi connectivity index (χ2v) is 9.58. The van der Waals surface area contributed by atoms with Crippen molar-refractivity contribution in [1.82, 2.24) is 24.8 Å². The predicted molar refractivity (Wildman–Crippen MR) is 121 cm³/mol. The Hall–Kier alpha value is -2.74. The summed E-state index contributed by atoms with van der Waals surface area (Å²) in [5.41, 5.74) is 4.57. The lowest BCUT2D eigenvalue weighted by Crippen LogP contribution is -2.46. The normalized spacial score (nSPS) is 23.2. The molecule has 162 valence electrons. The maximum atomic E-state index is 13.2. The zero-order valence-electron chi connectivity index (χ0n) is 17.9. The molecule has 1 aliphatic carbocycles. The van der Waals surface area contributed by atoms with Crippen molar-refractivity contribution in [3.63, 3.8) is 0 Å². The van der Waals surface area contributed by atoms with Gasteiger partial charge in [-0.2, -0.15) is 0 Å². The van der Waals surface area contributed by atoms with E-state index in [1.54, 1.807) is 18.3 Å². The summed E-state index contributed by atoms with van der Waals surface area (Å²) in [6.45, 7) is 5.41. The summed E-state index contributed by atoms with van der Waals surface area (Å²) in [7, 11) is 0. The van der Waals surface area contributed by atoms with Crippen molar-refractivity contribution in [3.8, 4) is 10.7 Å². The first kappa shape index (κ1) is 20.2. The van der Waals surface area contributed by atoms with Gasteiger partial charge in [-0.3, -0.25) is 9.59 Å². The number of hydrogen-bond acceptors (Lipinski definition) is 5. The van der Waals surface area contributed by atoms with Gasteiger partial charge in [-0.25, -0.2) is 9.97 Å². The van der Waals surface area contributed by atoms with Gasteiger partial charge in [-0.15, -0.1) is 11.3 Å². The van der Waals surface area contributed by atoms with Gasteiger partial charge in [-0.05, 0) is 37.8 Å². The fourth-order valence-corrected chi connectivity index (χ4v) is 6.03. The number of thiazole rings is 1. The predicted octanol–water partition coefficient (Wildman–Crippen LogP) is 3.23. The smallest absolute Gasteiger partial charge is 0.240 e. The highest BCUT2D eigenvalue weighted by atomic mass is 32.1. The number of carbonyl (C=O) groups is 2. The molecule has 2 aromatic heterocycles. The zero-order valence-corrected chi connectivity index (χ0v) is 18.7. The van der Waals surface area contributed by atoms with Gasteiger partial charge in [-0.1, -0.05) is 18.6 Å². The van der Waals surface area contributed by atoms with Gasteiger partial charge in [0.1, 0.15) is 6.54 Å². The zero-order chi connectivity index (χ0) is 21.5. The molecule has 1 N–H and O–H groups in total. The van der Waals surface area contributed by atoms with Crippen molar-refractivity contribution in [2.75, 3.05) is 13.1 Å². The Balaban J connectivity index is 1.38. The third-order valence-electron chi connectivity index (χ3n) is 6.80. The first-order valence-corrected chi connectivity index (χ1v) is 11.8. The van der Waals surface area contributed by atoms with Crippen LogP contribution >= 0.6 is 11.3 Å². The number of nitrogens with zero attached hydrogens (tertiary/aromatic N) is 4. The van der Waals surface area contributed by atoms with Crippen molar-refractivity contribution in [2.24, 2.45) is 11.8 Å². The number of para-hydroxylation sites is 2. The van der Waals surface area contributed by atoms with Gasteiger partial charge in [0.05, 0.1) is 27.1 Å². The van der Waals surface area contributed by atoms with Crippen molar-refractivity contribution in [2.45, 2.75) is 45.7 Å². The largest absolute Gasteiger partial charge is 0.351 e. The van der Waals surface area contributed by atoms with Gasteiger partial charge in [0.2, 0.25) is 11.8 Å². The van der Waals surface area contributed by atoms with E-state index in [2.05, 4.69) is 10.3 Å². The average molecular weight is 438 g/mol. The molecule has 2 aliphatic rings. The number of imidazole rings is 1. The van der Waals surface area contributed by atoms with E-state index >= 15 is 0 Å². The summed E-state index contributed by atoms with van der Waals surface area (Å²) in [6.07, 6.45) is 3.21. The molecule has 3 unspecified atom stereocenters. The number of rotatable bonds is 4. The third-order valence-corrected chi connectivity index (χ3v) is 7.72. The number of fused-ring (bicyclic) bond motifs is 2. The summed E-state index contributed by atoms with van der Waals surface area (Å²) in [5, 5.41) is 3.30. The molecule has 7 nitrogen and oxygen atoms in total. The first-order chi connectivity index (χ1) is 15.0. The van der Waals surface area contributed by atoms with Crippen LogP contribution in [0.15, 0.2) is 29.8 Å². The highest BCUT2D eigenvalue weighted by Gasteiger charge is 2.41. The maximum absolute atomic E-state index is 13.2. The van der Waals surface area contributed by atoms with Gasteiger partial charge in [0.15, 0.2) is 5.82 Å². The Morgan fingerprint density at radius 3 is 2.84 bits per heavy atom. The number of amides is 2. The van der Waals surface area contributed by atoms with Crippen LogP contribution in [0.1, 0.15) is 31.9 Å². The van der Waals surface area contributed by atoms with Gasteiger partial charge >= 0.3 is 0 Å². The van der Waals surface area contributed by atoms with Gasteiger partial charge < -0.3 is 14.8 Å². The molecule has 0 spiro atoms. The molecule has 2 amide bonds. The molecule has 3 atom stereocenters. The van der Waals surface area contributed by atoms with E-state index in [0.29, 0.717) is 11.8 Å². The van der Waals surface area contributed by atoms with E-state index in [1.807, 2.05) is 46.2 Å². The van der Waals surface area contributed by atoms with Crippen LogP contribution in [-0.4, -0.2) is 50.4 Å². The average Bonchev–Trinajstić information content (AvgIpc) is 3.45. The van der Waals surface area contributed by atoms with E-state index in [9.17, 15) is 9.59 Å². The summed E-state index contributed by atoms with van der Waals surface area (Å²) < 4.78 is 2.00. The maximum Gasteiger partial charge on any atom is 0.240 e.